The SMILES string of the molecule is CCN(C(=O)COC(=O)C1CCN(C(=O)c2ccco2)CC1)c1cccc2ccccc12. The first-order valence-corrected chi connectivity index (χ1v) is 10.9. The van der Waals surface area contributed by atoms with Crippen LogP contribution < -0.4 is 4.90 Å². The number of ether oxygens (including phenoxy) is 1. The highest BCUT2D eigenvalue weighted by Crippen LogP contribution is 2.27. The lowest BCUT2D eigenvalue weighted by Gasteiger charge is -2.30. The van der Waals surface area contributed by atoms with E-state index in [1.165, 1.54) is 6.26 Å². The number of piperidine rings is 1. The lowest BCUT2D eigenvalue weighted by molar-refractivity contribution is -0.153. The third kappa shape index (κ3) is 4.51. The molecule has 0 bridgehead atoms. The molecule has 0 radical (unpaired) electrons. The Bertz CT molecular complexity index is 1100. The van der Waals surface area contributed by atoms with Gasteiger partial charge in [-0.2, -0.15) is 0 Å². The molecule has 1 fully saturated rings. The topological polar surface area (TPSA) is 80.1 Å². The second-order valence-electron chi connectivity index (χ2n) is 7.79. The van der Waals surface area contributed by atoms with Gasteiger partial charge in [-0.25, -0.2) is 0 Å². The number of fused-ring (bicyclic) bond motifs is 1. The first-order valence-electron chi connectivity index (χ1n) is 10.9. The molecule has 0 N–H and O–H groups in total. The molecule has 7 heteroatoms. The molecule has 0 atom stereocenters. The van der Waals surface area contributed by atoms with Gasteiger partial charge in [0.15, 0.2) is 12.4 Å². The van der Waals surface area contributed by atoms with E-state index in [1.807, 2.05) is 49.4 Å². The molecule has 0 spiro atoms. The third-order valence-corrected chi connectivity index (χ3v) is 5.86. The Hall–Kier alpha value is -3.61. The first-order chi connectivity index (χ1) is 15.6. The molecule has 0 saturated carbocycles. The molecule has 2 aromatic carbocycles. The van der Waals surface area contributed by atoms with Crippen molar-refractivity contribution >= 4 is 34.2 Å². The van der Waals surface area contributed by atoms with E-state index < -0.39 is 5.97 Å². The minimum atomic E-state index is -0.391. The van der Waals surface area contributed by atoms with Crippen LogP contribution in [-0.2, 0) is 14.3 Å². The molecule has 1 aliphatic heterocycles. The molecule has 0 aliphatic carbocycles. The number of furan rings is 1. The molecular formula is C25H26N2O5. The Labute approximate surface area is 186 Å². The molecule has 1 aromatic heterocycles. The average Bonchev–Trinajstić information content (AvgIpc) is 3.38. The molecule has 7 nitrogen and oxygen atoms in total. The van der Waals surface area contributed by atoms with Crippen LogP contribution in [-0.4, -0.2) is 48.9 Å². The van der Waals surface area contributed by atoms with Gasteiger partial charge >= 0.3 is 5.97 Å². The van der Waals surface area contributed by atoms with Gasteiger partial charge in [0, 0.05) is 25.0 Å². The molecule has 166 valence electrons. The number of amides is 2. The molecular weight excluding hydrogens is 408 g/mol. The number of likely N-dealkylation sites (tertiary alicyclic amines) is 1. The van der Waals surface area contributed by atoms with Gasteiger partial charge in [0.25, 0.3) is 11.8 Å². The van der Waals surface area contributed by atoms with Crippen molar-refractivity contribution < 1.29 is 23.5 Å². The van der Waals surface area contributed by atoms with Crippen molar-refractivity contribution in [1.29, 1.82) is 0 Å². The van der Waals surface area contributed by atoms with Gasteiger partial charge in [-0.3, -0.25) is 14.4 Å². The van der Waals surface area contributed by atoms with Crippen molar-refractivity contribution in [2.45, 2.75) is 19.8 Å². The van der Waals surface area contributed by atoms with Crippen LogP contribution in [0.3, 0.4) is 0 Å². The highest BCUT2D eigenvalue weighted by Gasteiger charge is 2.30. The largest absolute Gasteiger partial charge is 0.459 e. The lowest BCUT2D eigenvalue weighted by atomic mass is 9.97. The Morgan fingerprint density at radius 1 is 1.03 bits per heavy atom. The highest BCUT2D eigenvalue weighted by atomic mass is 16.5. The predicted molar refractivity (Wildman–Crippen MR) is 120 cm³/mol. The van der Waals surface area contributed by atoms with E-state index in [1.54, 1.807) is 21.9 Å². The predicted octanol–water partition coefficient (Wildman–Crippen LogP) is 3.88. The summed E-state index contributed by atoms with van der Waals surface area (Å²) in [6.45, 7) is 2.96. The molecule has 1 aliphatic rings. The summed E-state index contributed by atoms with van der Waals surface area (Å²) in [5.41, 5.74) is 0.802. The van der Waals surface area contributed by atoms with Crippen LogP contribution in [0.2, 0.25) is 0 Å². The normalized spacial score (nSPS) is 14.3. The van der Waals surface area contributed by atoms with Crippen molar-refractivity contribution in [3.05, 3.63) is 66.6 Å². The fraction of sp³-hybridized carbons (Fsp3) is 0.320. The number of anilines is 1. The number of hydrogen-bond donors (Lipinski definition) is 0. The highest BCUT2D eigenvalue weighted by molar-refractivity contribution is 6.04. The fourth-order valence-electron chi connectivity index (χ4n) is 4.13. The molecule has 2 amide bonds. The van der Waals surface area contributed by atoms with Crippen LogP contribution in [0.1, 0.15) is 30.3 Å². The maximum Gasteiger partial charge on any atom is 0.309 e. The van der Waals surface area contributed by atoms with E-state index in [9.17, 15) is 14.4 Å². The van der Waals surface area contributed by atoms with E-state index in [4.69, 9.17) is 9.15 Å². The first kappa shape index (κ1) is 21.6. The summed E-state index contributed by atoms with van der Waals surface area (Å²) in [5.74, 6) is -0.855. The summed E-state index contributed by atoms with van der Waals surface area (Å²) >= 11 is 0. The van der Waals surface area contributed by atoms with Crippen molar-refractivity contribution in [2.24, 2.45) is 5.92 Å². The van der Waals surface area contributed by atoms with Crippen LogP contribution in [0.4, 0.5) is 5.69 Å². The Kier molecular flexibility index (Phi) is 6.54. The van der Waals surface area contributed by atoms with Crippen LogP contribution >= 0.6 is 0 Å². The van der Waals surface area contributed by atoms with Gasteiger partial charge in [-0.1, -0.05) is 36.4 Å². The van der Waals surface area contributed by atoms with Gasteiger partial charge in [-0.05, 0) is 43.4 Å². The summed E-state index contributed by atoms with van der Waals surface area (Å²) in [7, 11) is 0. The van der Waals surface area contributed by atoms with E-state index >= 15 is 0 Å². The second-order valence-corrected chi connectivity index (χ2v) is 7.79. The van der Waals surface area contributed by atoms with E-state index in [-0.39, 0.29) is 24.3 Å². The summed E-state index contributed by atoms with van der Waals surface area (Å²) in [4.78, 5) is 41.1. The average molecular weight is 434 g/mol. The minimum absolute atomic E-state index is 0.175. The zero-order chi connectivity index (χ0) is 22.5. The summed E-state index contributed by atoms with van der Waals surface area (Å²) in [6, 6.07) is 17.0. The van der Waals surface area contributed by atoms with Crippen molar-refractivity contribution in [2.75, 3.05) is 31.1 Å². The van der Waals surface area contributed by atoms with Gasteiger partial charge in [-0.15, -0.1) is 0 Å². The smallest absolute Gasteiger partial charge is 0.309 e. The van der Waals surface area contributed by atoms with Crippen LogP contribution in [0.15, 0.2) is 65.3 Å². The lowest BCUT2D eigenvalue weighted by Crippen LogP contribution is -2.41. The van der Waals surface area contributed by atoms with Gasteiger partial charge in [0.1, 0.15) is 0 Å². The minimum Gasteiger partial charge on any atom is -0.459 e. The number of hydrogen-bond acceptors (Lipinski definition) is 5. The fourth-order valence-corrected chi connectivity index (χ4v) is 4.13. The van der Waals surface area contributed by atoms with E-state index in [2.05, 4.69) is 0 Å². The third-order valence-electron chi connectivity index (χ3n) is 5.86. The Morgan fingerprint density at radius 2 is 1.78 bits per heavy atom. The van der Waals surface area contributed by atoms with Crippen molar-refractivity contribution in [3.8, 4) is 0 Å². The molecule has 1 saturated heterocycles. The Morgan fingerprint density at radius 3 is 2.50 bits per heavy atom. The van der Waals surface area contributed by atoms with Crippen LogP contribution in [0.25, 0.3) is 10.8 Å². The van der Waals surface area contributed by atoms with Gasteiger partial charge in [0.05, 0.1) is 17.9 Å². The maximum absolute atomic E-state index is 12.9. The molecule has 4 rings (SSSR count). The number of nitrogens with zero attached hydrogens (tertiary/aromatic N) is 2. The zero-order valence-corrected chi connectivity index (χ0v) is 18.0. The maximum atomic E-state index is 12.9. The number of likely N-dealkylation sites (N-methyl/N-ethyl adjacent to an activating group) is 1. The molecule has 0 unspecified atom stereocenters. The number of esters is 1. The zero-order valence-electron chi connectivity index (χ0n) is 18.0. The number of carbonyl (C=O) groups is 3. The van der Waals surface area contributed by atoms with Gasteiger partial charge < -0.3 is 19.0 Å². The quantitative estimate of drug-likeness (QED) is 0.550. The monoisotopic (exact) mass is 434 g/mol. The van der Waals surface area contributed by atoms with Crippen LogP contribution in [0.5, 0.6) is 0 Å². The number of rotatable bonds is 6. The van der Waals surface area contributed by atoms with Crippen LogP contribution in [0, 0.1) is 5.92 Å². The van der Waals surface area contributed by atoms with E-state index in [0.717, 1.165) is 16.5 Å². The molecule has 2 heterocycles. The summed E-state index contributed by atoms with van der Waals surface area (Å²) in [5, 5.41) is 2.02. The second kappa shape index (κ2) is 9.68. The summed E-state index contributed by atoms with van der Waals surface area (Å²) < 4.78 is 10.5. The number of carbonyl (C=O) groups excluding carboxylic acids is 3. The molecule has 3 aromatic rings. The Balaban J connectivity index is 1.32. The summed E-state index contributed by atoms with van der Waals surface area (Å²) in [6.07, 6.45) is 2.47. The standard InChI is InChI=1S/C25H26N2O5/c1-2-27(21-10-5-8-18-7-3-4-9-20(18)21)23(28)17-32-25(30)19-12-14-26(15-13-19)24(29)22-11-6-16-31-22/h3-11,16,19H,2,12-15,17H2,1H3. The molecule has 32 heavy (non-hydrogen) atoms. The van der Waals surface area contributed by atoms with Gasteiger partial charge in [0.2, 0.25) is 0 Å². The number of benzene rings is 2. The van der Waals surface area contributed by atoms with Crippen molar-refractivity contribution in [1.82, 2.24) is 4.90 Å². The van der Waals surface area contributed by atoms with E-state index in [0.29, 0.717) is 38.2 Å². The van der Waals surface area contributed by atoms with Crippen molar-refractivity contribution in [3.63, 3.8) is 0 Å².